The molecule has 24 heavy (non-hydrogen) atoms. The van der Waals surface area contributed by atoms with Crippen molar-refractivity contribution in [1.29, 1.82) is 0 Å². The van der Waals surface area contributed by atoms with Gasteiger partial charge in [0.15, 0.2) is 0 Å². The molecule has 1 aromatic carbocycles. The summed E-state index contributed by atoms with van der Waals surface area (Å²) in [4.78, 5) is 10.6. The topological polar surface area (TPSA) is 107 Å². The second-order valence-electron chi connectivity index (χ2n) is 6.29. The number of halogens is 1. The second-order valence-corrected chi connectivity index (χ2v) is 8.19. The predicted octanol–water partition coefficient (Wildman–Crippen LogP) is 2.38. The van der Waals surface area contributed by atoms with Crippen molar-refractivity contribution in [1.82, 2.24) is 4.31 Å². The number of rotatable bonds is 4. The van der Waals surface area contributed by atoms with Gasteiger partial charge in [0.05, 0.1) is 9.82 Å². The summed E-state index contributed by atoms with van der Waals surface area (Å²) in [6.07, 6.45) is 1.65. The minimum Gasteiger partial charge on any atom is -0.328 e. The lowest BCUT2D eigenvalue weighted by atomic mass is 9.93. The van der Waals surface area contributed by atoms with Gasteiger partial charge < -0.3 is 5.73 Å². The fourth-order valence-electron chi connectivity index (χ4n) is 3.06. The van der Waals surface area contributed by atoms with Crippen LogP contribution in [0.5, 0.6) is 0 Å². The van der Waals surface area contributed by atoms with Crippen LogP contribution in [0, 0.1) is 29.9 Å². The Labute approximate surface area is 148 Å². The van der Waals surface area contributed by atoms with Gasteiger partial charge >= 0.3 is 0 Å². The van der Waals surface area contributed by atoms with E-state index in [2.05, 4.69) is 0 Å². The van der Waals surface area contributed by atoms with Crippen LogP contribution in [-0.2, 0) is 10.0 Å². The molecule has 1 fully saturated rings. The summed E-state index contributed by atoms with van der Waals surface area (Å²) in [5, 5.41) is 11.1. The number of nitrogens with zero attached hydrogens (tertiary/aromatic N) is 2. The summed E-state index contributed by atoms with van der Waals surface area (Å²) in [5.74, 6) is 0.110. The zero-order valence-corrected chi connectivity index (χ0v) is 15.7. The van der Waals surface area contributed by atoms with Gasteiger partial charge in [-0.15, -0.1) is 12.4 Å². The molecule has 2 unspecified atom stereocenters. The van der Waals surface area contributed by atoms with E-state index in [4.69, 9.17) is 5.73 Å². The maximum Gasteiger partial charge on any atom is 0.273 e. The average Bonchev–Trinajstić information content (AvgIpc) is 2.46. The summed E-state index contributed by atoms with van der Waals surface area (Å²) in [5.41, 5.74) is 6.72. The summed E-state index contributed by atoms with van der Waals surface area (Å²) in [7, 11) is -3.76. The third-order valence-corrected chi connectivity index (χ3v) is 6.48. The monoisotopic (exact) mass is 377 g/mol. The number of hydrogen-bond acceptors (Lipinski definition) is 5. The Bertz CT molecular complexity index is 722. The van der Waals surface area contributed by atoms with E-state index in [1.165, 1.54) is 10.4 Å². The molecule has 0 amide bonds. The quantitative estimate of drug-likeness (QED) is 0.640. The first-order chi connectivity index (χ1) is 10.6. The Kier molecular flexibility index (Phi) is 6.75. The number of nitrogens with two attached hydrogens (primary N) is 1. The van der Waals surface area contributed by atoms with Crippen LogP contribution in [0.15, 0.2) is 17.0 Å². The molecule has 0 radical (unpaired) electrons. The Hall–Kier alpha value is -1.22. The number of nitro benzene ring substituents is 1. The molecular formula is C15H24ClN3O4S. The van der Waals surface area contributed by atoms with E-state index in [1.54, 1.807) is 19.9 Å². The zero-order chi connectivity index (χ0) is 17.4. The van der Waals surface area contributed by atoms with Gasteiger partial charge in [-0.2, -0.15) is 4.31 Å². The molecule has 9 heteroatoms. The molecule has 2 N–H and O–H groups in total. The molecule has 136 valence electrons. The molecule has 2 rings (SSSR count). The molecule has 1 aliphatic rings. The Balaban J connectivity index is 0.00000288. The maximum atomic E-state index is 12.9. The first-order valence-corrected chi connectivity index (χ1v) is 9.10. The minimum absolute atomic E-state index is 0. The second kappa shape index (κ2) is 7.77. The third kappa shape index (κ3) is 4.05. The fourth-order valence-corrected chi connectivity index (χ4v) is 4.82. The largest absolute Gasteiger partial charge is 0.328 e. The van der Waals surface area contributed by atoms with Crippen LogP contribution >= 0.6 is 12.4 Å². The van der Waals surface area contributed by atoms with Gasteiger partial charge in [-0.05, 0) is 51.2 Å². The first-order valence-electron chi connectivity index (χ1n) is 7.66. The molecule has 0 bridgehead atoms. The van der Waals surface area contributed by atoms with Crippen LogP contribution in [0.2, 0.25) is 0 Å². The van der Waals surface area contributed by atoms with Crippen molar-refractivity contribution in [2.75, 3.05) is 13.1 Å². The molecule has 0 aliphatic carbocycles. The number of nitro groups is 1. The van der Waals surface area contributed by atoms with Crippen molar-refractivity contribution in [2.45, 2.75) is 44.6 Å². The van der Waals surface area contributed by atoms with Crippen molar-refractivity contribution in [2.24, 2.45) is 11.7 Å². The molecule has 0 saturated carbocycles. The predicted molar refractivity (Wildman–Crippen MR) is 95.0 cm³/mol. The molecule has 0 spiro atoms. The van der Waals surface area contributed by atoms with Gasteiger partial charge in [-0.25, -0.2) is 8.42 Å². The van der Waals surface area contributed by atoms with Crippen LogP contribution in [-0.4, -0.2) is 36.8 Å². The Morgan fingerprint density at radius 3 is 2.50 bits per heavy atom. The number of hydrogen-bond donors (Lipinski definition) is 1. The highest BCUT2D eigenvalue weighted by atomic mass is 35.5. The Morgan fingerprint density at radius 1 is 1.33 bits per heavy atom. The number of piperidine rings is 1. The molecule has 7 nitrogen and oxygen atoms in total. The van der Waals surface area contributed by atoms with Crippen molar-refractivity contribution >= 4 is 28.1 Å². The van der Waals surface area contributed by atoms with Crippen molar-refractivity contribution in [3.63, 3.8) is 0 Å². The normalized spacial score (nSPS) is 20.2. The highest BCUT2D eigenvalue weighted by Gasteiger charge is 2.33. The molecule has 1 aliphatic heterocycles. The maximum absolute atomic E-state index is 12.9. The van der Waals surface area contributed by atoms with Gasteiger partial charge in [0.1, 0.15) is 0 Å². The number of aryl methyl sites for hydroxylation is 2. The highest BCUT2D eigenvalue weighted by molar-refractivity contribution is 7.89. The van der Waals surface area contributed by atoms with E-state index in [0.717, 1.165) is 12.8 Å². The van der Waals surface area contributed by atoms with Crippen LogP contribution in [0.3, 0.4) is 0 Å². The summed E-state index contributed by atoms with van der Waals surface area (Å²) >= 11 is 0. The van der Waals surface area contributed by atoms with Crippen molar-refractivity contribution < 1.29 is 13.3 Å². The SMILES string of the molecule is Cc1cc(C)c(S(=O)(=O)N2CCCC(C(C)N)C2)cc1[N+](=O)[O-].Cl. The molecular weight excluding hydrogens is 354 g/mol. The van der Waals surface area contributed by atoms with Gasteiger partial charge in [0, 0.05) is 30.8 Å². The lowest BCUT2D eigenvalue weighted by Crippen LogP contribution is -2.45. The minimum atomic E-state index is -3.76. The molecule has 1 heterocycles. The zero-order valence-electron chi connectivity index (χ0n) is 14.1. The van der Waals surface area contributed by atoms with E-state index < -0.39 is 14.9 Å². The van der Waals surface area contributed by atoms with E-state index in [0.29, 0.717) is 24.2 Å². The van der Waals surface area contributed by atoms with E-state index in [1.807, 2.05) is 6.92 Å². The van der Waals surface area contributed by atoms with Crippen LogP contribution < -0.4 is 5.73 Å². The van der Waals surface area contributed by atoms with E-state index in [9.17, 15) is 18.5 Å². The Morgan fingerprint density at radius 2 is 1.96 bits per heavy atom. The molecule has 2 atom stereocenters. The van der Waals surface area contributed by atoms with Gasteiger partial charge in [-0.3, -0.25) is 10.1 Å². The van der Waals surface area contributed by atoms with Crippen molar-refractivity contribution in [3.8, 4) is 0 Å². The van der Waals surface area contributed by atoms with Crippen LogP contribution in [0.4, 0.5) is 5.69 Å². The highest BCUT2D eigenvalue weighted by Crippen LogP contribution is 2.30. The van der Waals surface area contributed by atoms with E-state index in [-0.39, 0.29) is 34.9 Å². The van der Waals surface area contributed by atoms with Gasteiger partial charge in [0.25, 0.3) is 5.69 Å². The average molecular weight is 378 g/mol. The third-order valence-electron chi connectivity index (χ3n) is 4.47. The summed E-state index contributed by atoms with van der Waals surface area (Å²) < 4.78 is 27.3. The van der Waals surface area contributed by atoms with Gasteiger partial charge in [0.2, 0.25) is 10.0 Å². The summed E-state index contributed by atoms with van der Waals surface area (Å²) in [6, 6.07) is 2.65. The number of sulfonamides is 1. The number of benzene rings is 1. The lowest BCUT2D eigenvalue weighted by Gasteiger charge is -2.34. The summed E-state index contributed by atoms with van der Waals surface area (Å²) in [6.45, 7) is 5.93. The fraction of sp³-hybridized carbons (Fsp3) is 0.600. The van der Waals surface area contributed by atoms with Crippen LogP contribution in [0.1, 0.15) is 30.9 Å². The van der Waals surface area contributed by atoms with Gasteiger partial charge in [-0.1, -0.05) is 0 Å². The molecule has 1 aromatic rings. The first kappa shape index (κ1) is 20.8. The standard InChI is InChI=1S/C15H23N3O4S.ClH/c1-10-7-11(2)15(8-14(10)18(19)20)23(21,22)17-6-4-5-13(9-17)12(3)16;/h7-8,12-13H,4-6,9,16H2,1-3H3;1H. The smallest absolute Gasteiger partial charge is 0.273 e. The lowest BCUT2D eigenvalue weighted by molar-refractivity contribution is -0.385. The molecule has 0 aromatic heterocycles. The molecule has 1 saturated heterocycles. The van der Waals surface area contributed by atoms with Crippen molar-refractivity contribution in [3.05, 3.63) is 33.4 Å². The van der Waals surface area contributed by atoms with E-state index >= 15 is 0 Å². The van der Waals surface area contributed by atoms with Crippen LogP contribution in [0.25, 0.3) is 0 Å².